The molecule has 0 bridgehead atoms. The van der Waals surface area contributed by atoms with Crippen LogP contribution in [0.15, 0.2) is 66.7 Å². The summed E-state index contributed by atoms with van der Waals surface area (Å²) >= 11 is 1.56. The van der Waals surface area contributed by atoms with E-state index in [1.54, 1.807) is 23.5 Å². The number of hydrogen-bond acceptors (Lipinski definition) is 6. The molecular formula is C30H31NO4S. The van der Waals surface area contributed by atoms with Gasteiger partial charge in [-0.15, -0.1) is 11.3 Å². The largest absolute Gasteiger partial charge is 0.508 e. The second kappa shape index (κ2) is 11.1. The van der Waals surface area contributed by atoms with Crippen LogP contribution in [0.4, 0.5) is 0 Å². The Bertz CT molecular complexity index is 1320. The Kier molecular flexibility index (Phi) is 7.54. The third kappa shape index (κ3) is 5.40. The normalized spacial score (nSPS) is 14.1. The van der Waals surface area contributed by atoms with E-state index in [4.69, 9.17) is 9.47 Å². The third-order valence-electron chi connectivity index (χ3n) is 6.57. The minimum Gasteiger partial charge on any atom is -0.508 e. The Balaban J connectivity index is 1.40. The van der Waals surface area contributed by atoms with Gasteiger partial charge in [0.25, 0.3) is 0 Å². The van der Waals surface area contributed by atoms with Crippen LogP contribution in [0.25, 0.3) is 20.5 Å². The van der Waals surface area contributed by atoms with E-state index in [-0.39, 0.29) is 11.5 Å². The molecule has 186 valence electrons. The van der Waals surface area contributed by atoms with Crippen molar-refractivity contribution in [1.29, 1.82) is 0 Å². The molecule has 0 saturated carbocycles. The Hall–Kier alpha value is -3.35. The molecule has 0 radical (unpaired) electrons. The zero-order valence-corrected chi connectivity index (χ0v) is 21.4. The van der Waals surface area contributed by atoms with Crippen LogP contribution in [0.3, 0.4) is 0 Å². The maximum atomic E-state index is 13.8. The fraction of sp³-hybridized carbons (Fsp3) is 0.300. The molecule has 0 unspecified atom stereocenters. The van der Waals surface area contributed by atoms with Crippen LogP contribution < -0.4 is 9.47 Å². The minimum absolute atomic E-state index is 0.0339. The number of benzene rings is 3. The molecular weight excluding hydrogens is 470 g/mol. The number of piperidine rings is 1. The first-order valence-corrected chi connectivity index (χ1v) is 13.4. The second-order valence-corrected chi connectivity index (χ2v) is 10.1. The van der Waals surface area contributed by atoms with E-state index in [2.05, 4.69) is 4.90 Å². The Morgan fingerprint density at radius 2 is 1.64 bits per heavy atom. The van der Waals surface area contributed by atoms with E-state index < -0.39 is 0 Å². The first-order valence-electron chi connectivity index (χ1n) is 12.6. The number of phenols is 1. The van der Waals surface area contributed by atoms with E-state index in [1.165, 1.54) is 19.3 Å². The molecule has 0 spiro atoms. The number of hydrogen-bond donors (Lipinski definition) is 1. The van der Waals surface area contributed by atoms with Gasteiger partial charge in [0.05, 0.1) is 6.61 Å². The zero-order chi connectivity index (χ0) is 24.9. The number of likely N-dealkylation sites (tertiary alicyclic amines) is 1. The van der Waals surface area contributed by atoms with E-state index in [1.807, 2.05) is 61.5 Å². The Morgan fingerprint density at radius 3 is 2.36 bits per heavy atom. The predicted molar refractivity (Wildman–Crippen MR) is 146 cm³/mol. The quantitative estimate of drug-likeness (QED) is 0.257. The summed E-state index contributed by atoms with van der Waals surface area (Å²) in [6.07, 6.45) is 3.87. The van der Waals surface area contributed by atoms with Crippen LogP contribution in [0.5, 0.6) is 17.2 Å². The molecule has 0 atom stereocenters. The van der Waals surface area contributed by atoms with Crippen LogP contribution in [0.1, 0.15) is 42.1 Å². The summed E-state index contributed by atoms with van der Waals surface area (Å²) in [4.78, 5) is 17.1. The van der Waals surface area contributed by atoms with Crippen molar-refractivity contribution in [3.63, 3.8) is 0 Å². The fourth-order valence-corrected chi connectivity index (χ4v) is 5.93. The highest BCUT2D eigenvalue weighted by Crippen LogP contribution is 2.41. The van der Waals surface area contributed by atoms with Crippen LogP contribution >= 0.6 is 11.3 Å². The van der Waals surface area contributed by atoms with Gasteiger partial charge in [0.15, 0.2) is 5.78 Å². The lowest BCUT2D eigenvalue weighted by atomic mass is 9.97. The molecule has 1 saturated heterocycles. The second-order valence-electron chi connectivity index (χ2n) is 9.05. The van der Waals surface area contributed by atoms with Gasteiger partial charge in [0.2, 0.25) is 0 Å². The lowest BCUT2D eigenvalue weighted by Crippen LogP contribution is -2.33. The Morgan fingerprint density at radius 1 is 0.917 bits per heavy atom. The number of aromatic hydroxyl groups is 1. The minimum atomic E-state index is -0.0339. The number of carbonyl (C=O) groups is 1. The van der Waals surface area contributed by atoms with Crippen LogP contribution in [0.2, 0.25) is 0 Å². The highest BCUT2D eigenvalue weighted by molar-refractivity contribution is 7.22. The van der Waals surface area contributed by atoms with Crippen LogP contribution in [-0.4, -0.2) is 48.6 Å². The first-order chi connectivity index (χ1) is 17.6. The summed E-state index contributed by atoms with van der Waals surface area (Å²) in [6, 6.07) is 20.3. The standard InChI is InChI=1S/C30H31NO4S/c1-2-34-25-14-15-26-27(20-25)36-30(22-6-10-23(32)11-7-22)28(26)29(33)21-8-12-24(13-9-21)35-19-18-31-16-4-3-5-17-31/h6-15,20,32H,2-5,16-19H2,1H3. The van der Waals surface area contributed by atoms with Gasteiger partial charge in [-0.1, -0.05) is 6.42 Å². The van der Waals surface area contributed by atoms with Crippen LogP contribution in [0, 0.1) is 0 Å². The third-order valence-corrected chi connectivity index (χ3v) is 7.77. The van der Waals surface area contributed by atoms with Gasteiger partial charge in [-0.3, -0.25) is 9.69 Å². The topological polar surface area (TPSA) is 59.0 Å². The molecule has 1 aromatic heterocycles. The highest BCUT2D eigenvalue weighted by atomic mass is 32.1. The van der Waals surface area contributed by atoms with E-state index in [0.29, 0.717) is 24.3 Å². The van der Waals surface area contributed by atoms with Crippen molar-refractivity contribution in [2.75, 3.05) is 32.8 Å². The molecule has 1 N–H and O–H groups in total. The summed E-state index contributed by atoms with van der Waals surface area (Å²) in [7, 11) is 0. The van der Waals surface area contributed by atoms with Gasteiger partial charge in [-0.25, -0.2) is 0 Å². The van der Waals surface area contributed by atoms with Gasteiger partial charge < -0.3 is 14.6 Å². The number of thiophene rings is 1. The average Bonchev–Trinajstić information content (AvgIpc) is 3.29. The molecule has 1 fully saturated rings. The van der Waals surface area contributed by atoms with E-state index in [9.17, 15) is 9.90 Å². The SMILES string of the molecule is CCOc1ccc2c(C(=O)c3ccc(OCCN4CCCCC4)cc3)c(-c3ccc(O)cc3)sc2c1. The summed E-state index contributed by atoms with van der Waals surface area (Å²) in [5.41, 5.74) is 2.18. The van der Waals surface area contributed by atoms with Crippen molar-refractivity contribution in [1.82, 2.24) is 4.90 Å². The molecule has 6 heteroatoms. The summed E-state index contributed by atoms with van der Waals surface area (Å²) in [5, 5.41) is 10.7. The van der Waals surface area contributed by atoms with Crippen molar-refractivity contribution >= 4 is 27.2 Å². The van der Waals surface area contributed by atoms with Crippen molar-refractivity contribution in [3.8, 4) is 27.7 Å². The van der Waals surface area contributed by atoms with Crippen molar-refractivity contribution in [2.24, 2.45) is 0 Å². The fourth-order valence-electron chi connectivity index (χ4n) is 4.70. The number of ketones is 1. The number of ether oxygens (including phenoxy) is 2. The van der Waals surface area contributed by atoms with Gasteiger partial charge in [0, 0.05) is 32.6 Å². The van der Waals surface area contributed by atoms with Gasteiger partial charge in [-0.2, -0.15) is 0 Å². The van der Waals surface area contributed by atoms with E-state index >= 15 is 0 Å². The molecule has 5 nitrogen and oxygen atoms in total. The molecule has 3 aromatic carbocycles. The van der Waals surface area contributed by atoms with Crippen molar-refractivity contribution in [3.05, 3.63) is 77.9 Å². The van der Waals surface area contributed by atoms with Gasteiger partial charge in [0.1, 0.15) is 23.9 Å². The summed E-state index contributed by atoms with van der Waals surface area (Å²) in [5.74, 6) is 1.73. The molecule has 1 aliphatic rings. The number of nitrogens with zero attached hydrogens (tertiary/aromatic N) is 1. The molecule has 2 heterocycles. The van der Waals surface area contributed by atoms with Crippen molar-refractivity contribution in [2.45, 2.75) is 26.2 Å². The molecule has 36 heavy (non-hydrogen) atoms. The number of fused-ring (bicyclic) bond motifs is 1. The molecule has 4 aromatic rings. The maximum Gasteiger partial charge on any atom is 0.195 e. The highest BCUT2D eigenvalue weighted by Gasteiger charge is 2.22. The van der Waals surface area contributed by atoms with E-state index in [0.717, 1.165) is 51.7 Å². The maximum absolute atomic E-state index is 13.8. The summed E-state index contributed by atoms with van der Waals surface area (Å²) in [6.45, 7) is 6.43. The number of phenolic OH excluding ortho intramolecular Hbond substituents is 1. The zero-order valence-electron chi connectivity index (χ0n) is 20.5. The van der Waals surface area contributed by atoms with Gasteiger partial charge in [-0.05, 0) is 105 Å². The number of carbonyl (C=O) groups excluding carboxylic acids is 1. The van der Waals surface area contributed by atoms with Gasteiger partial charge >= 0.3 is 0 Å². The average molecular weight is 502 g/mol. The number of rotatable bonds is 9. The molecule has 0 aliphatic carbocycles. The first kappa shape index (κ1) is 24.3. The molecule has 1 aliphatic heterocycles. The molecule has 5 rings (SSSR count). The smallest absolute Gasteiger partial charge is 0.195 e. The summed E-state index contributed by atoms with van der Waals surface area (Å²) < 4.78 is 12.6. The monoisotopic (exact) mass is 501 g/mol. The lowest BCUT2D eigenvalue weighted by molar-refractivity contribution is 0.104. The predicted octanol–water partition coefficient (Wildman–Crippen LogP) is 6.77. The van der Waals surface area contributed by atoms with Crippen molar-refractivity contribution < 1.29 is 19.4 Å². The van der Waals surface area contributed by atoms with Crippen LogP contribution in [-0.2, 0) is 0 Å². The Labute approximate surface area is 215 Å². The lowest BCUT2D eigenvalue weighted by Gasteiger charge is -2.26. The molecule has 0 amide bonds.